The number of nitrogens with zero attached hydrogens (tertiary/aromatic N) is 3. The molecule has 0 spiro atoms. The third-order valence-electron chi connectivity index (χ3n) is 5.49. The SMILES string of the molecule is CC1CNC(=O)N1c1cc(NC(=O)OC(C)(C)C)c2cnc(NC(=O)[C@@H]3C[C@H]3C#N)cc2c1. The van der Waals surface area contributed by atoms with Crippen molar-refractivity contribution in [3.8, 4) is 6.07 Å². The molecule has 1 aromatic heterocycles. The Hall–Kier alpha value is -3.87. The maximum absolute atomic E-state index is 12.5. The monoisotopic (exact) mass is 450 g/mol. The smallest absolute Gasteiger partial charge is 0.412 e. The van der Waals surface area contributed by atoms with E-state index in [-0.39, 0.29) is 29.8 Å². The molecule has 10 heteroatoms. The summed E-state index contributed by atoms with van der Waals surface area (Å²) in [5.41, 5.74) is 0.340. The van der Waals surface area contributed by atoms with Crippen molar-refractivity contribution in [2.24, 2.45) is 11.8 Å². The van der Waals surface area contributed by atoms with E-state index in [2.05, 4.69) is 27.0 Å². The standard InChI is InChI=1S/C23H26N6O4/c1-12-10-26-21(31)29(12)15-5-13-7-19(28-20(30)16-6-14(16)9-24)25-11-17(13)18(8-15)27-22(32)33-23(2,3)4/h5,7-8,11-12,14,16H,6,10H2,1-4H3,(H,26,31)(H,27,32)(H,25,28,30)/t12?,14-,16+/m0/s1. The number of pyridine rings is 1. The molecule has 2 heterocycles. The molecule has 1 saturated carbocycles. The number of hydrogen-bond donors (Lipinski definition) is 3. The summed E-state index contributed by atoms with van der Waals surface area (Å²) >= 11 is 0. The number of nitriles is 1. The van der Waals surface area contributed by atoms with E-state index in [9.17, 15) is 14.4 Å². The number of carbonyl (C=O) groups is 3. The summed E-state index contributed by atoms with van der Waals surface area (Å²) in [6.45, 7) is 7.73. The Morgan fingerprint density at radius 1 is 1.27 bits per heavy atom. The van der Waals surface area contributed by atoms with Crippen LogP contribution in [-0.4, -0.2) is 41.2 Å². The summed E-state index contributed by atoms with van der Waals surface area (Å²) in [6.07, 6.45) is 1.46. The van der Waals surface area contributed by atoms with E-state index in [1.165, 1.54) is 0 Å². The first-order valence-corrected chi connectivity index (χ1v) is 10.8. The first-order valence-electron chi connectivity index (χ1n) is 10.8. The van der Waals surface area contributed by atoms with Crippen LogP contribution in [0.5, 0.6) is 0 Å². The van der Waals surface area contributed by atoms with Crippen LogP contribution in [0.1, 0.15) is 34.1 Å². The van der Waals surface area contributed by atoms with Gasteiger partial charge < -0.3 is 15.4 Å². The minimum atomic E-state index is -0.680. The number of ether oxygens (including phenoxy) is 1. The maximum atomic E-state index is 12.5. The summed E-state index contributed by atoms with van der Waals surface area (Å²) in [7, 11) is 0. The molecule has 172 valence electrons. The number of carbonyl (C=O) groups excluding carboxylic acids is 3. The van der Waals surface area contributed by atoms with E-state index < -0.39 is 11.7 Å². The highest BCUT2D eigenvalue weighted by atomic mass is 16.6. The van der Waals surface area contributed by atoms with E-state index in [4.69, 9.17) is 10.00 Å². The van der Waals surface area contributed by atoms with Crippen LogP contribution in [-0.2, 0) is 9.53 Å². The lowest BCUT2D eigenvalue weighted by molar-refractivity contribution is -0.117. The second-order valence-corrected chi connectivity index (χ2v) is 9.38. The molecule has 1 saturated heterocycles. The van der Waals surface area contributed by atoms with Crippen molar-refractivity contribution in [3.05, 3.63) is 24.4 Å². The number of rotatable bonds is 4. The summed E-state index contributed by atoms with van der Waals surface area (Å²) in [5, 5.41) is 18.6. The lowest BCUT2D eigenvalue weighted by atomic mass is 10.1. The van der Waals surface area contributed by atoms with Gasteiger partial charge in [-0.25, -0.2) is 14.6 Å². The van der Waals surface area contributed by atoms with Gasteiger partial charge in [-0.15, -0.1) is 0 Å². The molecule has 1 aliphatic carbocycles. The molecule has 33 heavy (non-hydrogen) atoms. The van der Waals surface area contributed by atoms with Gasteiger partial charge in [0.05, 0.1) is 29.6 Å². The molecule has 0 bridgehead atoms. The number of aromatic nitrogens is 1. The van der Waals surface area contributed by atoms with Gasteiger partial charge in [0.15, 0.2) is 0 Å². The third-order valence-corrected chi connectivity index (χ3v) is 5.49. The van der Waals surface area contributed by atoms with Gasteiger partial charge in [0.25, 0.3) is 0 Å². The van der Waals surface area contributed by atoms with Crippen molar-refractivity contribution in [1.82, 2.24) is 10.3 Å². The third kappa shape index (κ3) is 4.82. The Morgan fingerprint density at radius 2 is 2.03 bits per heavy atom. The van der Waals surface area contributed by atoms with Crippen molar-refractivity contribution in [3.63, 3.8) is 0 Å². The van der Waals surface area contributed by atoms with Gasteiger partial charge in [0.1, 0.15) is 11.4 Å². The average Bonchev–Trinajstić information content (AvgIpc) is 3.44. The summed E-state index contributed by atoms with van der Waals surface area (Å²) in [5.74, 6) is -0.492. The van der Waals surface area contributed by atoms with Gasteiger partial charge in [0.2, 0.25) is 5.91 Å². The zero-order valence-electron chi connectivity index (χ0n) is 18.9. The van der Waals surface area contributed by atoms with Crippen LogP contribution in [0.15, 0.2) is 24.4 Å². The first kappa shape index (κ1) is 22.3. The highest BCUT2D eigenvalue weighted by molar-refractivity contribution is 6.06. The molecule has 1 unspecified atom stereocenters. The molecule has 4 amide bonds. The quantitative estimate of drug-likeness (QED) is 0.651. The fraction of sp³-hybridized carbons (Fsp3) is 0.435. The largest absolute Gasteiger partial charge is 0.444 e. The fourth-order valence-electron chi connectivity index (χ4n) is 3.80. The van der Waals surface area contributed by atoms with Crippen LogP contribution >= 0.6 is 0 Å². The molecule has 4 rings (SSSR count). The number of amides is 4. The van der Waals surface area contributed by atoms with Crippen LogP contribution in [0.3, 0.4) is 0 Å². The van der Waals surface area contributed by atoms with E-state index in [0.717, 1.165) is 0 Å². The molecule has 2 aromatic rings. The first-order chi connectivity index (χ1) is 15.6. The van der Waals surface area contributed by atoms with Gasteiger partial charge >= 0.3 is 12.1 Å². The normalized spacial score (nSPS) is 21.8. The average molecular weight is 450 g/mol. The number of hydrogen-bond acceptors (Lipinski definition) is 6. The van der Waals surface area contributed by atoms with Crippen LogP contribution in [0.4, 0.5) is 26.8 Å². The lowest BCUT2D eigenvalue weighted by Gasteiger charge is -2.23. The zero-order valence-corrected chi connectivity index (χ0v) is 18.9. The number of fused-ring (bicyclic) bond motifs is 1. The summed E-state index contributed by atoms with van der Waals surface area (Å²) in [4.78, 5) is 43.1. The summed E-state index contributed by atoms with van der Waals surface area (Å²) in [6, 6.07) is 6.98. The maximum Gasteiger partial charge on any atom is 0.412 e. The molecular formula is C23H26N6O4. The molecule has 2 fully saturated rings. The highest BCUT2D eigenvalue weighted by Gasteiger charge is 2.43. The second-order valence-electron chi connectivity index (χ2n) is 9.38. The molecule has 1 aliphatic heterocycles. The number of anilines is 3. The Morgan fingerprint density at radius 3 is 2.64 bits per heavy atom. The van der Waals surface area contributed by atoms with Crippen LogP contribution in [0, 0.1) is 23.2 Å². The fourth-order valence-corrected chi connectivity index (χ4v) is 3.80. The van der Waals surface area contributed by atoms with Crippen LogP contribution in [0.2, 0.25) is 0 Å². The Bertz CT molecular complexity index is 1180. The van der Waals surface area contributed by atoms with E-state index >= 15 is 0 Å². The molecule has 10 nitrogen and oxygen atoms in total. The van der Waals surface area contributed by atoms with Crippen LogP contribution in [0.25, 0.3) is 10.8 Å². The second kappa shape index (κ2) is 8.24. The van der Waals surface area contributed by atoms with Crippen molar-refractivity contribution in [2.75, 3.05) is 22.1 Å². The number of nitrogens with one attached hydrogen (secondary N) is 3. The predicted molar refractivity (Wildman–Crippen MR) is 123 cm³/mol. The Balaban J connectivity index is 1.70. The van der Waals surface area contributed by atoms with Crippen molar-refractivity contribution in [2.45, 2.75) is 45.8 Å². The van der Waals surface area contributed by atoms with Crippen molar-refractivity contribution >= 4 is 46.0 Å². The predicted octanol–water partition coefficient (Wildman–Crippen LogP) is 3.60. The minimum Gasteiger partial charge on any atom is -0.444 e. The van der Waals surface area contributed by atoms with E-state index in [1.807, 2.05) is 13.0 Å². The lowest BCUT2D eigenvalue weighted by Crippen LogP contribution is -2.32. The van der Waals surface area contributed by atoms with Crippen LogP contribution < -0.4 is 20.9 Å². The van der Waals surface area contributed by atoms with E-state index in [0.29, 0.717) is 40.9 Å². The van der Waals surface area contributed by atoms with Crippen molar-refractivity contribution in [1.29, 1.82) is 5.26 Å². The zero-order chi connectivity index (χ0) is 23.9. The minimum absolute atomic E-state index is 0.0804. The molecule has 2 aliphatic rings. The highest BCUT2D eigenvalue weighted by Crippen LogP contribution is 2.39. The Kier molecular flexibility index (Phi) is 5.57. The number of benzene rings is 1. The van der Waals surface area contributed by atoms with E-state index in [1.54, 1.807) is 44.0 Å². The van der Waals surface area contributed by atoms with Gasteiger partial charge in [0, 0.05) is 23.8 Å². The Labute approximate surface area is 191 Å². The molecule has 1 aromatic carbocycles. The summed E-state index contributed by atoms with van der Waals surface area (Å²) < 4.78 is 5.38. The topological polar surface area (TPSA) is 136 Å². The van der Waals surface area contributed by atoms with Gasteiger partial charge in [-0.2, -0.15) is 5.26 Å². The molecule has 3 atom stereocenters. The molecule has 3 N–H and O–H groups in total. The number of urea groups is 1. The van der Waals surface area contributed by atoms with Gasteiger partial charge in [-0.3, -0.25) is 15.0 Å². The molecule has 0 radical (unpaired) electrons. The molecular weight excluding hydrogens is 424 g/mol. The van der Waals surface area contributed by atoms with Gasteiger partial charge in [-0.1, -0.05) is 0 Å². The van der Waals surface area contributed by atoms with Crippen molar-refractivity contribution < 1.29 is 19.1 Å². The van der Waals surface area contributed by atoms with Gasteiger partial charge in [-0.05, 0) is 57.7 Å².